The molecule has 0 bridgehead atoms. The van der Waals surface area contributed by atoms with Crippen molar-refractivity contribution < 1.29 is 0 Å². The molecule has 10 aromatic rings. The van der Waals surface area contributed by atoms with Crippen LogP contribution < -0.4 is 20.6 Å². The summed E-state index contributed by atoms with van der Waals surface area (Å²) in [5.74, 6) is 0. The van der Waals surface area contributed by atoms with Gasteiger partial charge in [-0.15, -0.1) is 11.3 Å². The van der Waals surface area contributed by atoms with Crippen LogP contribution in [0.4, 0.5) is 28.4 Å². The molecule has 5 aliphatic rings. The summed E-state index contributed by atoms with van der Waals surface area (Å²) >= 11 is 1.94. The summed E-state index contributed by atoms with van der Waals surface area (Å²) < 4.78 is 2.66. The minimum atomic E-state index is -0.508. The average Bonchev–Trinajstić information content (AvgIpc) is 3.96. The molecule has 2 nitrogen and oxygen atoms in total. The Labute approximate surface area is 390 Å². The van der Waals surface area contributed by atoms with Gasteiger partial charge >= 0.3 is 6.85 Å². The summed E-state index contributed by atoms with van der Waals surface area (Å²) in [5.41, 5.74) is 26.1. The maximum absolute atomic E-state index is 2.75. The Kier molecular flexibility index (Phi) is 7.33. The summed E-state index contributed by atoms with van der Waals surface area (Å²) in [5, 5.41) is 2.68. The Morgan fingerprint density at radius 1 is 0.500 bits per heavy atom. The molecule has 2 aliphatic carbocycles. The Morgan fingerprint density at radius 3 is 1.91 bits per heavy atom. The predicted octanol–water partition coefficient (Wildman–Crippen LogP) is 15.1. The van der Waals surface area contributed by atoms with Crippen LogP contribution in [0, 0.1) is 0 Å². The van der Waals surface area contributed by atoms with Crippen LogP contribution >= 0.6 is 11.3 Å². The fourth-order valence-corrected chi connectivity index (χ4v) is 14.6. The molecule has 9 aromatic carbocycles. The number of fused-ring (bicyclic) bond motifs is 20. The lowest BCUT2D eigenvalue weighted by Crippen LogP contribution is -2.62. The van der Waals surface area contributed by atoms with Crippen LogP contribution in [0.1, 0.15) is 72.6 Å². The molecule has 0 amide bonds. The molecule has 0 N–H and O–H groups in total. The molecular weight excluding hydrogens is 816 g/mol. The van der Waals surface area contributed by atoms with E-state index in [1.165, 1.54) is 145 Å². The second kappa shape index (κ2) is 13.0. The second-order valence-electron chi connectivity index (χ2n) is 19.7. The van der Waals surface area contributed by atoms with Crippen molar-refractivity contribution in [1.29, 1.82) is 0 Å². The summed E-state index contributed by atoms with van der Waals surface area (Å²) in [7, 11) is 0. The lowest BCUT2D eigenvalue weighted by atomic mass is 9.42. The van der Waals surface area contributed by atoms with Crippen molar-refractivity contribution in [1.82, 2.24) is 0 Å². The molecular formula is C62H45BN2S. The van der Waals surface area contributed by atoms with Gasteiger partial charge in [-0.3, -0.25) is 0 Å². The number of para-hydroxylation sites is 2. The van der Waals surface area contributed by atoms with Gasteiger partial charge in [-0.05, 0) is 133 Å². The van der Waals surface area contributed by atoms with Crippen LogP contribution in [0.25, 0.3) is 53.6 Å². The largest absolute Gasteiger partial charge is 0.376 e. The minimum Gasteiger partial charge on any atom is -0.376 e. The first-order chi connectivity index (χ1) is 32.5. The molecule has 0 fully saturated rings. The van der Waals surface area contributed by atoms with Gasteiger partial charge < -0.3 is 9.71 Å². The molecule has 15 rings (SSSR count). The number of benzene rings is 9. The average molecular weight is 861 g/mol. The van der Waals surface area contributed by atoms with Crippen molar-refractivity contribution >= 4 is 77.7 Å². The number of hydrogen-bond acceptors (Lipinski definition) is 3. The van der Waals surface area contributed by atoms with E-state index in [2.05, 4.69) is 212 Å². The fraction of sp³-hybridized carbons (Fsp3) is 0.129. The van der Waals surface area contributed by atoms with E-state index in [1.54, 1.807) is 0 Å². The Bertz CT molecular complexity index is 3720. The highest BCUT2D eigenvalue weighted by Crippen LogP contribution is 2.65. The van der Waals surface area contributed by atoms with E-state index in [-0.39, 0.29) is 12.3 Å². The topological polar surface area (TPSA) is 6.48 Å². The third-order valence-electron chi connectivity index (χ3n) is 16.2. The summed E-state index contributed by atoms with van der Waals surface area (Å²) in [6.07, 6.45) is 3.48. The Balaban J connectivity index is 1.12. The van der Waals surface area contributed by atoms with Crippen LogP contribution in [0.3, 0.4) is 0 Å². The third-order valence-corrected chi connectivity index (χ3v) is 17.3. The molecule has 0 atom stereocenters. The smallest absolute Gasteiger partial charge is 0.333 e. The zero-order chi connectivity index (χ0) is 43.6. The molecule has 0 unspecified atom stereocenters. The van der Waals surface area contributed by atoms with E-state index in [0.29, 0.717) is 0 Å². The normalized spacial score (nSPS) is 15.5. The highest BCUT2D eigenvalue weighted by Gasteiger charge is 2.56. The number of nitrogens with zero attached hydrogens (tertiary/aromatic N) is 2. The first-order valence-electron chi connectivity index (χ1n) is 23.9. The number of unbranched alkanes of at least 4 members (excludes halogenated alkanes) is 1. The zero-order valence-corrected chi connectivity index (χ0v) is 38.1. The molecule has 0 saturated heterocycles. The van der Waals surface area contributed by atoms with E-state index in [0.717, 1.165) is 6.42 Å². The molecule has 1 aromatic heterocycles. The van der Waals surface area contributed by atoms with E-state index in [4.69, 9.17) is 0 Å². The SMILES string of the molecule is CCCCc1ccc(N2B3c4cccc5c4N(c4ccccc4C54c5ccccc5-c5ccccc54)c4c3c(cc3sc5ccccc5c43)-c3cc4c(cc32)C(C)(C)c2ccccc2-4)cc1. The van der Waals surface area contributed by atoms with Gasteiger partial charge in [-0.1, -0.05) is 167 Å². The number of thiophene rings is 1. The third kappa shape index (κ3) is 4.44. The second-order valence-corrected chi connectivity index (χ2v) is 20.8. The minimum absolute atomic E-state index is 0.0996. The van der Waals surface area contributed by atoms with Crippen molar-refractivity contribution in [3.63, 3.8) is 0 Å². The molecule has 4 heterocycles. The van der Waals surface area contributed by atoms with Crippen LogP contribution in [0.5, 0.6) is 0 Å². The highest BCUT2D eigenvalue weighted by atomic mass is 32.1. The zero-order valence-electron chi connectivity index (χ0n) is 37.3. The fourth-order valence-electron chi connectivity index (χ4n) is 13.5. The van der Waals surface area contributed by atoms with E-state index in [1.807, 2.05) is 11.3 Å². The number of aryl methyl sites for hydroxylation is 1. The molecule has 4 heteroatoms. The van der Waals surface area contributed by atoms with Crippen LogP contribution in [-0.2, 0) is 17.3 Å². The number of rotatable bonds is 4. The van der Waals surface area contributed by atoms with Gasteiger partial charge in [0.2, 0.25) is 0 Å². The number of hydrogen-bond donors (Lipinski definition) is 0. The lowest BCUT2D eigenvalue weighted by Gasteiger charge is -2.51. The summed E-state index contributed by atoms with van der Waals surface area (Å²) in [6.45, 7) is 7.04. The van der Waals surface area contributed by atoms with Crippen LogP contribution in [0.15, 0.2) is 182 Å². The maximum atomic E-state index is 2.75. The molecule has 312 valence electrons. The van der Waals surface area contributed by atoms with Gasteiger partial charge in [0.15, 0.2) is 0 Å². The monoisotopic (exact) mass is 860 g/mol. The molecule has 1 spiro atoms. The van der Waals surface area contributed by atoms with Gasteiger partial charge in [-0.25, -0.2) is 0 Å². The van der Waals surface area contributed by atoms with Crippen LogP contribution in [-0.4, -0.2) is 6.85 Å². The highest BCUT2D eigenvalue weighted by molar-refractivity contribution is 7.26. The molecule has 0 saturated carbocycles. The van der Waals surface area contributed by atoms with Crippen molar-refractivity contribution in [2.45, 2.75) is 50.9 Å². The maximum Gasteiger partial charge on any atom is 0.333 e. The van der Waals surface area contributed by atoms with Crippen LogP contribution in [0.2, 0.25) is 0 Å². The van der Waals surface area contributed by atoms with Gasteiger partial charge in [0.25, 0.3) is 0 Å². The van der Waals surface area contributed by atoms with Gasteiger partial charge in [0.05, 0.1) is 16.8 Å². The van der Waals surface area contributed by atoms with Crippen molar-refractivity contribution in [2.24, 2.45) is 0 Å². The van der Waals surface area contributed by atoms with E-state index in [9.17, 15) is 0 Å². The first-order valence-corrected chi connectivity index (χ1v) is 24.7. The lowest BCUT2D eigenvalue weighted by molar-refractivity contribution is 0.660. The Hall–Kier alpha value is -7.14. The first kappa shape index (κ1) is 37.1. The summed E-state index contributed by atoms with van der Waals surface area (Å²) in [4.78, 5) is 5.48. The van der Waals surface area contributed by atoms with Gasteiger partial charge in [0.1, 0.15) is 0 Å². The van der Waals surface area contributed by atoms with Crippen molar-refractivity contribution in [3.8, 4) is 33.4 Å². The van der Waals surface area contributed by atoms with E-state index >= 15 is 0 Å². The Morgan fingerprint density at radius 2 is 1.15 bits per heavy atom. The van der Waals surface area contributed by atoms with Gasteiger partial charge in [0, 0.05) is 48.2 Å². The molecule has 0 radical (unpaired) electrons. The van der Waals surface area contributed by atoms with Gasteiger partial charge in [-0.2, -0.15) is 0 Å². The van der Waals surface area contributed by atoms with Crippen molar-refractivity contribution in [2.75, 3.05) is 9.71 Å². The number of anilines is 5. The summed E-state index contributed by atoms with van der Waals surface area (Å²) in [6, 6.07) is 70.8. The molecule has 66 heavy (non-hydrogen) atoms. The standard InChI is InChI=1S/C62H45BN2S/c1-4-5-17-37-30-32-38(33-31-37)65-54-36-51-43(41-20-6-10-22-46(41)61(51,2)3)34-44(54)45-35-56-57(42-21-9-15-29-55(42)66-56)60-58(45)63(65)52-27-16-26-50-59(52)64(60)53-28-14-13-25-49(53)62(50)47-23-11-7-18-39(47)40-19-8-12-24-48(40)62/h6-16,18-36H,4-5,17H2,1-3H3. The molecule has 3 aliphatic heterocycles. The predicted molar refractivity (Wildman–Crippen MR) is 280 cm³/mol. The van der Waals surface area contributed by atoms with E-state index < -0.39 is 5.41 Å². The van der Waals surface area contributed by atoms with Crippen molar-refractivity contribution in [3.05, 3.63) is 221 Å². The quantitative estimate of drug-likeness (QED) is 0.163.